The van der Waals surface area contributed by atoms with Crippen LogP contribution < -0.4 is 5.32 Å². The minimum Gasteiger partial charge on any atom is -0.426 e. The van der Waals surface area contributed by atoms with Gasteiger partial charge in [-0.15, -0.1) is 0 Å². The van der Waals surface area contributed by atoms with E-state index in [0.29, 0.717) is 5.56 Å². The first kappa shape index (κ1) is 12.7. The molecular weight excluding hydrogens is 212 g/mol. The monoisotopic (exact) mass is 225 g/mol. The van der Waals surface area contributed by atoms with Crippen molar-refractivity contribution in [1.29, 1.82) is 0 Å². The highest BCUT2D eigenvalue weighted by Crippen LogP contribution is 2.06. The number of benzene rings is 1. The van der Waals surface area contributed by atoms with Crippen molar-refractivity contribution in [3.8, 4) is 0 Å². The molecule has 0 bridgehead atoms. The van der Waals surface area contributed by atoms with Gasteiger partial charge in [0.15, 0.2) is 0 Å². The molecule has 3 N–H and O–H groups in total. The Morgan fingerprint density at radius 1 is 1.44 bits per heavy atom. The summed E-state index contributed by atoms with van der Waals surface area (Å²) in [5.41, 5.74) is 0.716. The fourth-order valence-electron chi connectivity index (χ4n) is 1.37. The summed E-state index contributed by atoms with van der Waals surface area (Å²) in [4.78, 5) is 10.8. The fourth-order valence-corrected chi connectivity index (χ4v) is 1.37. The third kappa shape index (κ3) is 4.00. The maximum absolute atomic E-state index is 12.6. The molecule has 0 aliphatic carbocycles. The lowest BCUT2D eigenvalue weighted by Gasteiger charge is -2.16. The molecule has 0 aliphatic heterocycles. The minimum atomic E-state index is -1.64. The van der Waals surface area contributed by atoms with Gasteiger partial charge in [-0.3, -0.25) is 4.79 Å². The van der Waals surface area contributed by atoms with E-state index in [1.165, 1.54) is 31.2 Å². The number of carbonyl (C=O) groups excluding carboxylic acids is 1. The highest BCUT2D eigenvalue weighted by atomic mass is 19.1. The first-order chi connectivity index (χ1) is 7.49. The highest BCUT2D eigenvalue weighted by molar-refractivity contribution is 6.43. The van der Waals surface area contributed by atoms with Crippen LogP contribution in [0.4, 0.5) is 4.39 Å². The van der Waals surface area contributed by atoms with Gasteiger partial charge in [0, 0.05) is 6.92 Å². The van der Waals surface area contributed by atoms with E-state index >= 15 is 0 Å². The van der Waals surface area contributed by atoms with Crippen molar-refractivity contribution in [3.05, 3.63) is 35.6 Å². The number of halogens is 1. The van der Waals surface area contributed by atoms with Gasteiger partial charge in [-0.25, -0.2) is 4.39 Å². The van der Waals surface area contributed by atoms with E-state index < -0.39 is 13.1 Å². The zero-order valence-corrected chi connectivity index (χ0v) is 8.85. The predicted molar refractivity (Wildman–Crippen MR) is 57.9 cm³/mol. The third-order valence-electron chi connectivity index (χ3n) is 2.12. The van der Waals surface area contributed by atoms with Gasteiger partial charge < -0.3 is 15.4 Å². The van der Waals surface area contributed by atoms with Crippen molar-refractivity contribution in [1.82, 2.24) is 5.32 Å². The lowest BCUT2D eigenvalue weighted by molar-refractivity contribution is -0.119. The van der Waals surface area contributed by atoms with Crippen LogP contribution in [-0.4, -0.2) is 29.0 Å². The van der Waals surface area contributed by atoms with Gasteiger partial charge in [-0.1, -0.05) is 12.1 Å². The molecule has 0 saturated heterocycles. The quantitative estimate of drug-likeness (QED) is 0.626. The van der Waals surface area contributed by atoms with Gasteiger partial charge in [-0.2, -0.15) is 0 Å². The third-order valence-corrected chi connectivity index (χ3v) is 2.12. The molecule has 16 heavy (non-hydrogen) atoms. The molecule has 1 aromatic carbocycles. The van der Waals surface area contributed by atoms with Gasteiger partial charge in [0.05, 0.1) is 5.94 Å². The lowest BCUT2D eigenvalue weighted by atomic mass is 9.76. The molecule has 1 amide bonds. The largest absolute Gasteiger partial charge is 0.475 e. The van der Waals surface area contributed by atoms with Crippen LogP contribution in [0.3, 0.4) is 0 Å². The molecule has 0 radical (unpaired) electrons. The van der Waals surface area contributed by atoms with Crippen molar-refractivity contribution in [2.75, 3.05) is 0 Å². The Bertz CT molecular complexity index is 356. The second-order valence-electron chi connectivity index (χ2n) is 3.55. The van der Waals surface area contributed by atoms with Crippen LogP contribution in [0.2, 0.25) is 0 Å². The van der Waals surface area contributed by atoms with Crippen molar-refractivity contribution in [3.63, 3.8) is 0 Å². The Morgan fingerprint density at radius 3 is 2.44 bits per heavy atom. The van der Waals surface area contributed by atoms with E-state index in [1.807, 2.05) is 0 Å². The first-order valence-corrected chi connectivity index (χ1v) is 4.86. The number of rotatable bonds is 4. The van der Waals surface area contributed by atoms with Gasteiger partial charge in [0.2, 0.25) is 5.91 Å². The van der Waals surface area contributed by atoms with Gasteiger partial charge in [-0.05, 0) is 24.1 Å². The number of amides is 1. The standard InChI is InChI=1S/C10H13BFNO3/c1-7(14)13-10(11(15)16)6-8-2-4-9(12)5-3-8/h2-5,10,15-16H,6H2,1H3,(H,13,14)/t10-/m1/s1. The summed E-state index contributed by atoms with van der Waals surface area (Å²) in [7, 11) is -1.64. The van der Waals surface area contributed by atoms with Crippen LogP contribution in [0.5, 0.6) is 0 Å². The molecule has 4 nitrogen and oxygen atoms in total. The van der Waals surface area contributed by atoms with Crippen molar-refractivity contribution < 1.29 is 19.2 Å². The smallest absolute Gasteiger partial charge is 0.426 e. The molecule has 0 aliphatic rings. The summed E-state index contributed by atoms with van der Waals surface area (Å²) in [5, 5.41) is 20.5. The average molecular weight is 225 g/mol. The Labute approximate surface area is 93.2 Å². The summed E-state index contributed by atoms with van der Waals surface area (Å²) in [5.74, 6) is -1.49. The first-order valence-electron chi connectivity index (χ1n) is 4.86. The van der Waals surface area contributed by atoms with E-state index in [4.69, 9.17) is 10.0 Å². The number of hydrogen-bond acceptors (Lipinski definition) is 3. The zero-order valence-electron chi connectivity index (χ0n) is 8.85. The lowest BCUT2D eigenvalue weighted by Crippen LogP contribution is -2.47. The maximum Gasteiger partial charge on any atom is 0.475 e. The Kier molecular flexibility index (Phi) is 4.45. The van der Waals surface area contributed by atoms with E-state index in [0.717, 1.165) is 0 Å². The van der Waals surface area contributed by atoms with Gasteiger partial charge in [0.25, 0.3) is 0 Å². The molecule has 86 valence electrons. The van der Waals surface area contributed by atoms with Crippen molar-refractivity contribution in [2.24, 2.45) is 0 Å². The topological polar surface area (TPSA) is 69.6 Å². The van der Waals surface area contributed by atoms with Crippen LogP contribution >= 0.6 is 0 Å². The Morgan fingerprint density at radius 2 is 2.00 bits per heavy atom. The van der Waals surface area contributed by atoms with Crippen LogP contribution in [0.1, 0.15) is 12.5 Å². The fraction of sp³-hybridized carbons (Fsp3) is 0.300. The summed E-state index contributed by atoms with van der Waals surface area (Å²) < 4.78 is 12.6. The average Bonchev–Trinajstić information content (AvgIpc) is 2.19. The molecule has 0 heterocycles. The molecule has 1 rings (SSSR count). The Hall–Kier alpha value is -1.40. The Balaban J connectivity index is 2.67. The molecule has 6 heteroatoms. The SMILES string of the molecule is CC(=O)N[C@H](Cc1ccc(F)cc1)B(O)O. The van der Waals surface area contributed by atoms with Crippen LogP contribution in [0, 0.1) is 5.82 Å². The molecular formula is C10H13BFNO3. The molecule has 0 spiro atoms. The predicted octanol–water partition coefficient (Wildman–Crippen LogP) is -0.115. The summed E-state index contributed by atoms with van der Waals surface area (Å²) in [6, 6.07) is 5.63. The molecule has 0 saturated carbocycles. The second-order valence-corrected chi connectivity index (χ2v) is 3.55. The van der Waals surface area contributed by atoms with Crippen LogP contribution in [0.15, 0.2) is 24.3 Å². The van der Waals surface area contributed by atoms with E-state index in [2.05, 4.69) is 5.32 Å². The second kappa shape index (κ2) is 5.62. The van der Waals surface area contributed by atoms with Gasteiger partial charge in [0.1, 0.15) is 5.82 Å². The number of carbonyl (C=O) groups is 1. The van der Waals surface area contributed by atoms with Crippen LogP contribution in [-0.2, 0) is 11.2 Å². The van der Waals surface area contributed by atoms with Crippen molar-refractivity contribution in [2.45, 2.75) is 19.3 Å². The molecule has 0 aromatic heterocycles. The summed E-state index contributed by atoms with van der Waals surface area (Å²) >= 11 is 0. The summed E-state index contributed by atoms with van der Waals surface area (Å²) in [6.07, 6.45) is 0.234. The molecule has 0 unspecified atom stereocenters. The van der Waals surface area contributed by atoms with E-state index in [1.54, 1.807) is 0 Å². The molecule has 1 atom stereocenters. The normalized spacial score (nSPS) is 12.0. The van der Waals surface area contributed by atoms with Crippen molar-refractivity contribution >= 4 is 13.0 Å². The minimum absolute atomic E-state index is 0.234. The van der Waals surface area contributed by atoms with Crippen LogP contribution in [0.25, 0.3) is 0 Å². The summed E-state index contributed by atoms with van der Waals surface area (Å²) in [6.45, 7) is 1.29. The molecule has 0 fully saturated rings. The van der Waals surface area contributed by atoms with E-state index in [9.17, 15) is 9.18 Å². The number of hydrogen-bond donors (Lipinski definition) is 3. The van der Waals surface area contributed by atoms with E-state index in [-0.39, 0.29) is 18.1 Å². The molecule has 1 aromatic rings. The highest BCUT2D eigenvalue weighted by Gasteiger charge is 2.24. The zero-order chi connectivity index (χ0) is 12.1. The maximum atomic E-state index is 12.6. The number of nitrogens with one attached hydrogen (secondary N) is 1. The van der Waals surface area contributed by atoms with Gasteiger partial charge >= 0.3 is 7.12 Å².